The van der Waals surface area contributed by atoms with Gasteiger partial charge in [0.25, 0.3) is 0 Å². The normalized spacial score (nSPS) is 21.6. The molecule has 3 rings (SSSR count). The summed E-state index contributed by atoms with van der Waals surface area (Å²) in [5, 5.41) is 11.0. The van der Waals surface area contributed by atoms with Crippen LogP contribution in [-0.2, 0) is 0 Å². The third-order valence-corrected chi connectivity index (χ3v) is 3.69. The number of halogens is 1. The van der Waals surface area contributed by atoms with Crippen LogP contribution in [0.15, 0.2) is 42.5 Å². The van der Waals surface area contributed by atoms with Crippen molar-refractivity contribution in [3.8, 4) is 5.75 Å². The third kappa shape index (κ3) is 2.46. The summed E-state index contributed by atoms with van der Waals surface area (Å²) in [6.45, 7) is 2.01. The zero-order valence-electron chi connectivity index (χ0n) is 10.6. The predicted octanol–water partition coefficient (Wildman–Crippen LogP) is 4.21. The first-order chi connectivity index (χ1) is 9.13. The van der Waals surface area contributed by atoms with Crippen LogP contribution in [0, 0.1) is 6.92 Å². The van der Waals surface area contributed by atoms with Crippen molar-refractivity contribution in [1.29, 1.82) is 0 Å². The van der Waals surface area contributed by atoms with E-state index in [2.05, 4.69) is 0 Å². The second-order valence-electron chi connectivity index (χ2n) is 4.95. The van der Waals surface area contributed by atoms with Crippen LogP contribution in [0.4, 0.5) is 0 Å². The quantitative estimate of drug-likeness (QED) is 0.844. The van der Waals surface area contributed by atoms with Gasteiger partial charge in [0.15, 0.2) is 0 Å². The van der Waals surface area contributed by atoms with Crippen LogP contribution in [0.25, 0.3) is 0 Å². The fourth-order valence-corrected chi connectivity index (χ4v) is 2.68. The number of fused-ring (bicyclic) bond motifs is 1. The van der Waals surface area contributed by atoms with Crippen molar-refractivity contribution in [2.75, 3.05) is 0 Å². The molecule has 0 aromatic heterocycles. The minimum absolute atomic E-state index is 0.149. The highest BCUT2D eigenvalue weighted by Gasteiger charge is 2.28. The maximum absolute atomic E-state index is 10.3. The lowest BCUT2D eigenvalue weighted by atomic mass is 9.94. The Morgan fingerprint density at radius 3 is 2.84 bits per heavy atom. The maximum atomic E-state index is 10.3. The van der Waals surface area contributed by atoms with Gasteiger partial charge in [0.2, 0.25) is 0 Å². The highest BCUT2D eigenvalue weighted by molar-refractivity contribution is 6.30. The lowest BCUT2D eigenvalue weighted by Gasteiger charge is -2.30. The molecule has 2 aromatic rings. The van der Waals surface area contributed by atoms with Gasteiger partial charge in [-0.3, -0.25) is 0 Å². The minimum atomic E-state index is -0.493. The molecule has 3 heteroatoms. The summed E-state index contributed by atoms with van der Waals surface area (Å²) in [6, 6.07) is 13.5. The van der Waals surface area contributed by atoms with Gasteiger partial charge in [-0.25, -0.2) is 0 Å². The maximum Gasteiger partial charge on any atom is 0.127 e. The van der Waals surface area contributed by atoms with Gasteiger partial charge in [0.1, 0.15) is 11.9 Å². The molecule has 1 unspecified atom stereocenters. The van der Waals surface area contributed by atoms with Crippen LogP contribution in [0.1, 0.15) is 35.3 Å². The largest absolute Gasteiger partial charge is 0.485 e. The van der Waals surface area contributed by atoms with E-state index < -0.39 is 6.10 Å². The molecule has 2 nitrogen and oxygen atoms in total. The summed E-state index contributed by atoms with van der Waals surface area (Å²) in [7, 11) is 0. The monoisotopic (exact) mass is 274 g/mol. The molecule has 0 saturated heterocycles. The molecule has 1 heterocycles. The molecule has 0 fully saturated rings. The Bertz CT molecular complexity index is 609. The number of benzene rings is 2. The number of hydrogen-bond donors (Lipinski definition) is 1. The second-order valence-corrected chi connectivity index (χ2v) is 5.39. The topological polar surface area (TPSA) is 29.5 Å². The molecule has 19 heavy (non-hydrogen) atoms. The van der Waals surface area contributed by atoms with Crippen molar-refractivity contribution in [2.45, 2.75) is 25.6 Å². The van der Waals surface area contributed by atoms with Crippen LogP contribution in [0.2, 0.25) is 5.02 Å². The molecule has 2 atom stereocenters. The van der Waals surface area contributed by atoms with Crippen molar-refractivity contribution in [2.24, 2.45) is 0 Å². The summed E-state index contributed by atoms with van der Waals surface area (Å²) in [6.07, 6.45) is -0.0897. The molecule has 0 aliphatic carbocycles. The Hall–Kier alpha value is -1.51. The zero-order valence-corrected chi connectivity index (χ0v) is 11.4. The summed E-state index contributed by atoms with van der Waals surface area (Å²) in [4.78, 5) is 0. The molecule has 0 saturated carbocycles. The average Bonchev–Trinajstić information content (AvgIpc) is 2.39. The van der Waals surface area contributed by atoms with Gasteiger partial charge < -0.3 is 9.84 Å². The Balaban J connectivity index is 1.95. The van der Waals surface area contributed by atoms with Gasteiger partial charge in [0.05, 0.1) is 6.10 Å². The Morgan fingerprint density at radius 2 is 2.05 bits per heavy atom. The van der Waals surface area contributed by atoms with E-state index in [0.717, 1.165) is 22.4 Å². The number of aliphatic hydroxyl groups is 1. The minimum Gasteiger partial charge on any atom is -0.485 e. The molecule has 1 aliphatic heterocycles. The van der Waals surface area contributed by atoms with Crippen molar-refractivity contribution in [3.63, 3.8) is 0 Å². The summed E-state index contributed by atoms with van der Waals surface area (Å²) in [5.41, 5.74) is 3.00. The molecule has 1 aliphatic rings. The molecular formula is C16H15ClO2. The van der Waals surface area contributed by atoms with Gasteiger partial charge in [0, 0.05) is 17.0 Å². The van der Waals surface area contributed by atoms with E-state index in [0.29, 0.717) is 11.4 Å². The summed E-state index contributed by atoms with van der Waals surface area (Å²) in [5.74, 6) is 0.759. The number of ether oxygens (including phenoxy) is 1. The van der Waals surface area contributed by atoms with E-state index in [1.165, 1.54) is 0 Å². The highest BCUT2D eigenvalue weighted by atomic mass is 35.5. The molecule has 2 aromatic carbocycles. The molecular weight excluding hydrogens is 260 g/mol. The highest BCUT2D eigenvalue weighted by Crippen LogP contribution is 2.41. The first kappa shape index (κ1) is 12.5. The van der Waals surface area contributed by atoms with Crippen LogP contribution in [0.5, 0.6) is 5.75 Å². The molecule has 0 radical (unpaired) electrons. The van der Waals surface area contributed by atoms with E-state index in [1.54, 1.807) is 0 Å². The third-order valence-electron chi connectivity index (χ3n) is 3.45. The van der Waals surface area contributed by atoms with E-state index in [-0.39, 0.29) is 6.10 Å². The van der Waals surface area contributed by atoms with E-state index in [1.807, 2.05) is 49.4 Å². The SMILES string of the molecule is Cc1ccc2c(c1)[C@@H](O)CC(c1cccc(Cl)c1)O2. The lowest BCUT2D eigenvalue weighted by molar-refractivity contribution is 0.0657. The Morgan fingerprint density at radius 1 is 1.21 bits per heavy atom. The molecule has 0 amide bonds. The summed E-state index contributed by atoms with van der Waals surface area (Å²) >= 11 is 6.00. The number of hydrogen-bond acceptors (Lipinski definition) is 2. The standard InChI is InChI=1S/C16H15ClO2/c1-10-5-6-15-13(7-10)14(18)9-16(19-15)11-3-2-4-12(17)8-11/h2-8,14,16,18H,9H2,1H3/t14-,16?/m0/s1. The van der Waals surface area contributed by atoms with E-state index in [9.17, 15) is 5.11 Å². The van der Waals surface area contributed by atoms with Crippen LogP contribution in [-0.4, -0.2) is 5.11 Å². The molecule has 0 spiro atoms. The smallest absolute Gasteiger partial charge is 0.127 e. The van der Waals surface area contributed by atoms with Crippen LogP contribution < -0.4 is 4.74 Å². The van der Waals surface area contributed by atoms with Crippen molar-refractivity contribution < 1.29 is 9.84 Å². The van der Waals surface area contributed by atoms with E-state index >= 15 is 0 Å². The van der Waals surface area contributed by atoms with Crippen LogP contribution >= 0.6 is 11.6 Å². The van der Waals surface area contributed by atoms with Crippen molar-refractivity contribution in [1.82, 2.24) is 0 Å². The number of aliphatic hydroxyl groups excluding tert-OH is 1. The Kier molecular flexibility index (Phi) is 3.21. The van der Waals surface area contributed by atoms with Crippen molar-refractivity contribution in [3.05, 3.63) is 64.2 Å². The van der Waals surface area contributed by atoms with E-state index in [4.69, 9.17) is 16.3 Å². The zero-order chi connectivity index (χ0) is 13.4. The fourth-order valence-electron chi connectivity index (χ4n) is 2.48. The van der Waals surface area contributed by atoms with Gasteiger partial charge in [-0.05, 0) is 36.8 Å². The van der Waals surface area contributed by atoms with Gasteiger partial charge in [-0.2, -0.15) is 0 Å². The Labute approximate surface area is 117 Å². The molecule has 98 valence electrons. The number of rotatable bonds is 1. The lowest BCUT2D eigenvalue weighted by Crippen LogP contribution is -2.19. The predicted molar refractivity (Wildman–Crippen MR) is 75.6 cm³/mol. The molecule has 1 N–H and O–H groups in total. The van der Waals surface area contributed by atoms with Crippen LogP contribution in [0.3, 0.4) is 0 Å². The van der Waals surface area contributed by atoms with Gasteiger partial charge in [-0.15, -0.1) is 0 Å². The van der Waals surface area contributed by atoms with Crippen molar-refractivity contribution >= 4 is 11.6 Å². The average molecular weight is 275 g/mol. The fraction of sp³-hybridized carbons (Fsp3) is 0.250. The van der Waals surface area contributed by atoms with Gasteiger partial charge >= 0.3 is 0 Å². The second kappa shape index (κ2) is 4.87. The first-order valence-corrected chi connectivity index (χ1v) is 6.72. The summed E-state index contributed by atoms with van der Waals surface area (Å²) < 4.78 is 5.98. The number of aryl methyl sites for hydroxylation is 1. The van der Waals surface area contributed by atoms with Gasteiger partial charge in [-0.1, -0.05) is 35.4 Å². The first-order valence-electron chi connectivity index (χ1n) is 6.34. The molecule has 0 bridgehead atoms.